The van der Waals surface area contributed by atoms with E-state index < -0.39 is 10.0 Å². The summed E-state index contributed by atoms with van der Waals surface area (Å²) in [5.74, 6) is 0.697. The van der Waals surface area contributed by atoms with Crippen LogP contribution in [0.2, 0.25) is 5.02 Å². The molecule has 2 heterocycles. The summed E-state index contributed by atoms with van der Waals surface area (Å²) in [4.78, 5) is 0.320. The van der Waals surface area contributed by atoms with E-state index in [2.05, 4.69) is 5.10 Å². The van der Waals surface area contributed by atoms with Crippen LogP contribution in [0.5, 0.6) is 5.75 Å². The first-order valence-electron chi connectivity index (χ1n) is 8.71. The highest BCUT2D eigenvalue weighted by atomic mass is 35.5. The number of ether oxygens (including phenoxy) is 1. The largest absolute Gasteiger partial charge is 0.496 e. The molecule has 0 saturated carbocycles. The fraction of sp³-hybridized carbons (Fsp3) is 0.500. The molecule has 142 valence electrons. The number of halogens is 1. The first-order valence-corrected chi connectivity index (χ1v) is 10.5. The molecule has 0 bridgehead atoms. The molecular formula is C18H24ClN3O3S. The van der Waals surface area contributed by atoms with Crippen LogP contribution >= 0.6 is 11.6 Å². The lowest BCUT2D eigenvalue weighted by Gasteiger charge is -2.26. The molecular weight excluding hydrogens is 374 g/mol. The minimum atomic E-state index is -3.53. The Morgan fingerprint density at radius 2 is 1.88 bits per heavy atom. The molecule has 0 amide bonds. The summed E-state index contributed by atoms with van der Waals surface area (Å²) in [6.07, 6.45) is 2.90. The lowest BCUT2D eigenvalue weighted by molar-refractivity contribution is 0.346. The predicted octanol–water partition coefficient (Wildman–Crippen LogP) is 3.38. The van der Waals surface area contributed by atoms with Gasteiger partial charge in [-0.3, -0.25) is 4.68 Å². The van der Waals surface area contributed by atoms with Crippen LogP contribution < -0.4 is 4.74 Å². The number of aryl methyl sites for hydroxylation is 1. The maximum Gasteiger partial charge on any atom is 0.246 e. The number of sulfonamides is 1. The van der Waals surface area contributed by atoms with Crippen LogP contribution in [0.25, 0.3) is 0 Å². The van der Waals surface area contributed by atoms with E-state index in [1.54, 1.807) is 42.1 Å². The Labute approximate surface area is 159 Å². The lowest BCUT2D eigenvalue weighted by atomic mass is 10.2. The summed E-state index contributed by atoms with van der Waals surface area (Å²) in [7, 11) is -1.93. The molecule has 1 aromatic carbocycles. The second-order valence-corrected chi connectivity index (χ2v) is 8.89. The summed E-state index contributed by atoms with van der Waals surface area (Å²) in [6, 6.07) is 5.38. The molecule has 3 rings (SSSR count). The average Bonchev–Trinajstić information content (AvgIpc) is 2.90. The van der Waals surface area contributed by atoms with E-state index in [-0.39, 0.29) is 0 Å². The predicted molar refractivity (Wildman–Crippen MR) is 101 cm³/mol. The van der Waals surface area contributed by atoms with Crippen LogP contribution in [0.4, 0.5) is 0 Å². The van der Waals surface area contributed by atoms with Crippen molar-refractivity contribution < 1.29 is 13.2 Å². The molecule has 26 heavy (non-hydrogen) atoms. The molecule has 8 heteroatoms. The molecule has 1 aromatic heterocycles. The van der Waals surface area contributed by atoms with Gasteiger partial charge in [0.2, 0.25) is 10.0 Å². The van der Waals surface area contributed by atoms with Crippen LogP contribution in [-0.2, 0) is 16.6 Å². The Morgan fingerprint density at radius 3 is 2.54 bits per heavy atom. The van der Waals surface area contributed by atoms with Crippen molar-refractivity contribution in [3.05, 3.63) is 40.2 Å². The van der Waals surface area contributed by atoms with Crippen LogP contribution in [-0.4, -0.2) is 42.7 Å². The maximum absolute atomic E-state index is 13.1. The van der Waals surface area contributed by atoms with Crippen LogP contribution in [0.1, 0.15) is 36.2 Å². The number of benzene rings is 1. The van der Waals surface area contributed by atoms with Gasteiger partial charge < -0.3 is 4.74 Å². The molecule has 0 N–H and O–H groups in total. The number of piperidine rings is 1. The standard InChI is InChI=1S/C18H24ClN3O3S/c1-13-18(26(23,24)21-9-5-4-6-10-21)14(2)22(20-13)12-15-11-16(19)7-8-17(15)25-3/h7-8,11H,4-6,9-10,12H2,1-3H3. The minimum Gasteiger partial charge on any atom is -0.496 e. The van der Waals surface area contributed by atoms with E-state index in [0.717, 1.165) is 24.8 Å². The van der Waals surface area contributed by atoms with E-state index in [0.29, 0.717) is 46.7 Å². The SMILES string of the molecule is COc1ccc(Cl)cc1Cn1nc(C)c(S(=O)(=O)N2CCCCC2)c1C. The Balaban J connectivity index is 1.97. The van der Waals surface area contributed by atoms with Gasteiger partial charge >= 0.3 is 0 Å². The van der Waals surface area contributed by atoms with Crippen LogP contribution in [0.15, 0.2) is 23.1 Å². The van der Waals surface area contributed by atoms with Gasteiger partial charge in [-0.25, -0.2) is 8.42 Å². The molecule has 0 atom stereocenters. The Morgan fingerprint density at radius 1 is 1.19 bits per heavy atom. The van der Waals surface area contributed by atoms with E-state index in [1.165, 1.54) is 0 Å². The molecule has 0 spiro atoms. The Bertz CT molecular complexity index is 903. The van der Waals surface area contributed by atoms with Crippen molar-refractivity contribution in [1.29, 1.82) is 0 Å². The van der Waals surface area contributed by atoms with Gasteiger partial charge in [0, 0.05) is 23.7 Å². The maximum atomic E-state index is 13.1. The number of hydrogen-bond acceptors (Lipinski definition) is 4. The zero-order valence-electron chi connectivity index (χ0n) is 15.3. The second-order valence-electron chi connectivity index (χ2n) is 6.58. The molecule has 1 saturated heterocycles. The molecule has 2 aromatic rings. The fourth-order valence-corrected chi connectivity index (χ4v) is 5.56. The summed E-state index contributed by atoms with van der Waals surface area (Å²) in [6.45, 7) is 5.10. The van der Waals surface area contributed by atoms with Crippen molar-refractivity contribution in [2.24, 2.45) is 0 Å². The smallest absolute Gasteiger partial charge is 0.246 e. The van der Waals surface area contributed by atoms with Gasteiger partial charge in [0.05, 0.1) is 25.0 Å². The van der Waals surface area contributed by atoms with E-state index in [1.807, 2.05) is 6.07 Å². The summed E-state index contributed by atoms with van der Waals surface area (Å²) in [5, 5.41) is 5.08. The second kappa shape index (κ2) is 7.58. The monoisotopic (exact) mass is 397 g/mol. The zero-order chi connectivity index (χ0) is 18.9. The fourth-order valence-electron chi connectivity index (χ4n) is 3.47. The van der Waals surface area contributed by atoms with Crippen molar-refractivity contribution in [2.75, 3.05) is 20.2 Å². The lowest BCUT2D eigenvalue weighted by Crippen LogP contribution is -2.36. The molecule has 0 aliphatic carbocycles. The highest BCUT2D eigenvalue weighted by Crippen LogP contribution is 2.28. The minimum absolute atomic E-state index is 0.320. The van der Waals surface area contributed by atoms with Crippen LogP contribution in [0.3, 0.4) is 0 Å². The third-order valence-corrected chi connectivity index (χ3v) is 7.18. The molecule has 0 radical (unpaired) electrons. The van der Waals surface area contributed by atoms with Crippen molar-refractivity contribution in [3.63, 3.8) is 0 Å². The van der Waals surface area contributed by atoms with E-state index >= 15 is 0 Å². The number of methoxy groups -OCH3 is 1. The number of rotatable bonds is 5. The van der Waals surface area contributed by atoms with Gasteiger partial charge in [0.25, 0.3) is 0 Å². The zero-order valence-corrected chi connectivity index (χ0v) is 16.9. The molecule has 1 fully saturated rings. The summed E-state index contributed by atoms with van der Waals surface area (Å²) >= 11 is 6.10. The number of hydrogen-bond donors (Lipinski definition) is 0. The van der Waals surface area contributed by atoms with Crippen molar-refractivity contribution in [3.8, 4) is 5.75 Å². The molecule has 1 aliphatic rings. The molecule has 6 nitrogen and oxygen atoms in total. The summed E-state index contributed by atoms with van der Waals surface area (Å²) < 4.78 is 34.9. The van der Waals surface area contributed by atoms with Gasteiger partial charge in [0.1, 0.15) is 10.6 Å². The van der Waals surface area contributed by atoms with Gasteiger partial charge in [-0.1, -0.05) is 18.0 Å². The van der Waals surface area contributed by atoms with Gasteiger partial charge in [-0.2, -0.15) is 9.40 Å². The van der Waals surface area contributed by atoms with E-state index in [4.69, 9.17) is 16.3 Å². The van der Waals surface area contributed by atoms with Gasteiger partial charge in [0.15, 0.2) is 0 Å². The van der Waals surface area contributed by atoms with Crippen molar-refractivity contribution in [2.45, 2.75) is 44.6 Å². The Hall–Kier alpha value is -1.57. The first kappa shape index (κ1) is 19.2. The van der Waals surface area contributed by atoms with Gasteiger partial charge in [-0.05, 0) is 44.9 Å². The highest BCUT2D eigenvalue weighted by molar-refractivity contribution is 7.89. The van der Waals surface area contributed by atoms with E-state index in [9.17, 15) is 8.42 Å². The van der Waals surface area contributed by atoms with Crippen molar-refractivity contribution >= 4 is 21.6 Å². The Kier molecular flexibility index (Phi) is 5.60. The normalized spacial score (nSPS) is 16.0. The van der Waals surface area contributed by atoms with Gasteiger partial charge in [-0.15, -0.1) is 0 Å². The first-order chi connectivity index (χ1) is 12.3. The van der Waals surface area contributed by atoms with Crippen molar-refractivity contribution in [1.82, 2.24) is 14.1 Å². The highest BCUT2D eigenvalue weighted by Gasteiger charge is 2.31. The average molecular weight is 398 g/mol. The number of aromatic nitrogens is 2. The summed E-state index contributed by atoms with van der Waals surface area (Å²) in [5.41, 5.74) is 2.01. The third kappa shape index (κ3) is 3.61. The molecule has 0 unspecified atom stereocenters. The quantitative estimate of drug-likeness (QED) is 0.775. The van der Waals surface area contributed by atoms with Crippen LogP contribution in [0, 0.1) is 13.8 Å². The third-order valence-electron chi connectivity index (χ3n) is 4.79. The topological polar surface area (TPSA) is 64.4 Å². The number of nitrogens with zero attached hydrogens (tertiary/aromatic N) is 3. The molecule has 1 aliphatic heterocycles.